The van der Waals surface area contributed by atoms with Crippen molar-refractivity contribution in [3.05, 3.63) is 34.3 Å². The van der Waals surface area contributed by atoms with Gasteiger partial charge in [-0.2, -0.15) is 0 Å². The zero-order valence-electron chi connectivity index (χ0n) is 10.6. The van der Waals surface area contributed by atoms with Gasteiger partial charge in [-0.15, -0.1) is 0 Å². The lowest BCUT2D eigenvalue weighted by atomic mass is 9.97. The molecule has 19 heavy (non-hydrogen) atoms. The summed E-state index contributed by atoms with van der Waals surface area (Å²) in [5.41, 5.74) is 1.05. The lowest BCUT2D eigenvalue weighted by Crippen LogP contribution is -2.32. The monoisotopic (exact) mass is 348 g/mol. The first-order valence-electron chi connectivity index (χ1n) is 5.81. The van der Waals surface area contributed by atoms with Crippen LogP contribution in [0.5, 0.6) is 0 Å². The summed E-state index contributed by atoms with van der Waals surface area (Å²) >= 11 is 3.44. The smallest absolute Gasteiger partial charge is 0.220 e. The third kappa shape index (κ3) is 6.17. The number of nitrogens with two attached hydrogens (primary N) is 1. The van der Waals surface area contributed by atoms with E-state index in [1.54, 1.807) is 0 Å². The first-order chi connectivity index (χ1) is 8.79. The van der Waals surface area contributed by atoms with Crippen molar-refractivity contribution >= 4 is 31.9 Å². The van der Waals surface area contributed by atoms with Crippen molar-refractivity contribution in [3.63, 3.8) is 0 Å². The highest BCUT2D eigenvalue weighted by molar-refractivity contribution is 9.10. The van der Waals surface area contributed by atoms with Gasteiger partial charge in [0.25, 0.3) is 0 Å². The van der Waals surface area contributed by atoms with E-state index in [4.69, 9.17) is 5.14 Å². The lowest BCUT2D eigenvalue weighted by Gasteiger charge is -2.13. The predicted octanol–water partition coefficient (Wildman–Crippen LogP) is 1.35. The Bertz CT molecular complexity index is 546. The summed E-state index contributed by atoms with van der Waals surface area (Å²) in [6.07, 6.45) is 0.299. The van der Waals surface area contributed by atoms with E-state index in [9.17, 15) is 13.2 Å². The fourth-order valence-electron chi connectivity index (χ4n) is 1.67. The molecule has 7 heteroatoms. The molecule has 0 saturated carbocycles. The number of hydrogen-bond donors (Lipinski definition) is 2. The molecular weight excluding hydrogens is 332 g/mol. The van der Waals surface area contributed by atoms with Gasteiger partial charge in [0, 0.05) is 17.4 Å². The topological polar surface area (TPSA) is 89.3 Å². The van der Waals surface area contributed by atoms with Gasteiger partial charge >= 0.3 is 0 Å². The number of nitrogens with one attached hydrogen (secondary N) is 1. The molecule has 0 heterocycles. The van der Waals surface area contributed by atoms with Crippen LogP contribution in [0.15, 0.2) is 28.7 Å². The zero-order valence-corrected chi connectivity index (χ0v) is 13.0. The van der Waals surface area contributed by atoms with Crippen molar-refractivity contribution in [2.45, 2.75) is 19.3 Å². The second-order valence-electron chi connectivity index (χ2n) is 4.34. The lowest BCUT2D eigenvalue weighted by molar-refractivity contribution is -0.121. The molecule has 0 bridgehead atoms. The molecule has 1 aromatic rings. The number of sulfonamides is 1. The quantitative estimate of drug-likeness (QED) is 0.812. The van der Waals surface area contributed by atoms with Gasteiger partial charge in [-0.05, 0) is 17.5 Å². The maximum absolute atomic E-state index is 11.7. The average molecular weight is 349 g/mol. The van der Waals surface area contributed by atoms with Gasteiger partial charge in [0.1, 0.15) is 0 Å². The van der Waals surface area contributed by atoms with Gasteiger partial charge in [-0.1, -0.05) is 41.1 Å². The molecular formula is C12H17BrN2O3S. The fourth-order valence-corrected chi connectivity index (χ4v) is 2.73. The SMILES string of the molecule is C[C@@H](CC(=O)NCCS(N)(=O)=O)c1ccccc1Br. The first-order valence-corrected chi connectivity index (χ1v) is 8.32. The van der Waals surface area contributed by atoms with Crippen LogP contribution in [0, 0.1) is 0 Å². The highest BCUT2D eigenvalue weighted by atomic mass is 79.9. The molecule has 1 amide bonds. The standard InChI is InChI=1S/C12H17BrN2O3S/c1-9(10-4-2-3-5-11(10)13)8-12(16)15-6-7-19(14,17)18/h2-5,9H,6-8H2,1H3,(H,15,16)(H2,14,17,18)/t9-/m0/s1. The van der Waals surface area contributed by atoms with Gasteiger partial charge in [-0.25, -0.2) is 13.6 Å². The minimum Gasteiger partial charge on any atom is -0.355 e. The molecule has 3 N–H and O–H groups in total. The Labute approximate surface area is 121 Å². The van der Waals surface area contributed by atoms with Gasteiger partial charge < -0.3 is 5.32 Å². The largest absolute Gasteiger partial charge is 0.355 e. The van der Waals surface area contributed by atoms with Crippen LogP contribution >= 0.6 is 15.9 Å². The Balaban J connectivity index is 2.47. The minimum atomic E-state index is -3.53. The van der Waals surface area contributed by atoms with Gasteiger partial charge in [0.2, 0.25) is 15.9 Å². The van der Waals surface area contributed by atoms with Crippen LogP contribution in [0.1, 0.15) is 24.8 Å². The van der Waals surface area contributed by atoms with Crippen LogP contribution in [0.25, 0.3) is 0 Å². The van der Waals surface area contributed by atoms with Crippen LogP contribution in [-0.4, -0.2) is 26.6 Å². The van der Waals surface area contributed by atoms with Gasteiger partial charge in [-0.3, -0.25) is 4.79 Å². The minimum absolute atomic E-state index is 0.0420. The molecule has 0 radical (unpaired) electrons. The maximum Gasteiger partial charge on any atom is 0.220 e. The predicted molar refractivity (Wildman–Crippen MR) is 78.2 cm³/mol. The zero-order chi connectivity index (χ0) is 14.5. The molecule has 0 aliphatic rings. The van der Waals surface area contributed by atoms with E-state index in [0.29, 0.717) is 6.42 Å². The van der Waals surface area contributed by atoms with Crippen LogP contribution in [0.2, 0.25) is 0 Å². The van der Waals surface area contributed by atoms with Crippen LogP contribution in [-0.2, 0) is 14.8 Å². The summed E-state index contributed by atoms with van der Waals surface area (Å²) in [6, 6.07) is 7.69. The number of carbonyl (C=O) groups is 1. The Morgan fingerprint density at radius 1 is 1.42 bits per heavy atom. The summed E-state index contributed by atoms with van der Waals surface area (Å²) in [5, 5.41) is 7.39. The molecule has 0 fully saturated rings. The number of benzene rings is 1. The normalized spacial score (nSPS) is 13.0. The van der Waals surface area contributed by atoms with E-state index in [2.05, 4.69) is 21.2 Å². The molecule has 0 unspecified atom stereocenters. The fraction of sp³-hybridized carbons (Fsp3) is 0.417. The Morgan fingerprint density at radius 2 is 2.05 bits per heavy atom. The molecule has 0 aromatic heterocycles. The summed E-state index contributed by atoms with van der Waals surface area (Å²) in [6.45, 7) is 1.99. The maximum atomic E-state index is 11.7. The van der Waals surface area contributed by atoms with E-state index >= 15 is 0 Å². The summed E-state index contributed by atoms with van der Waals surface area (Å²) < 4.78 is 22.4. The summed E-state index contributed by atoms with van der Waals surface area (Å²) in [7, 11) is -3.53. The third-order valence-electron chi connectivity index (χ3n) is 2.64. The second kappa shape index (κ2) is 7.02. The molecule has 5 nitrogen and oxygen atoms in total. The Hall–Kier alpha value is -0.920. The molecule has 106 valence electrons. The number of hydrogen-bond acceptors (Lipinski definition) is 3. The highest BCUT2D eigenvalue weighted by Crippen LogP contribution is 2.26. The number of carbonyl (C=O) groups excluding carboxylic acids is 1. The number of halogens is 1. The van der Waals surface area contributed by atoms with Crippen LogP contribution in [0.3, 0.4) is 0 Å². The van der Waals surface area contributed by atoms with Gasteiger partial charge in [0.05, 0.1) is 5.75 Å². The molecule has 0 spiro atoms. The number of rotatable bonds is 6. The second-order valence-corrected chi connectivity index (χ2v) is 6.93. The number of primary sulfonamides is 1. The molecule has 0 saturated heterocycles. The highest BCUT2D eigenvalue weighted by Gasteiger charge is 2.13. The van der Waals surface area contributed by atoms with Crippen molar-refractivity contribution in [1.29, 1.82) is 0 Å². The third-order valence-corrected chi connectivity index (χ3v) is 4.13. The van der Waals surface area contributed by atoms with Gasteiger partial charge in [0.15, 0.2) is 0 Å². The van der Waals surface area contributed by atoms with E-state index in [1.165, 1.54) is 0 Å². The first kappa shape index (κ1) is 16.1. The summed E-state index contributed by atoms with van der Waals surface area (Å²) in [4.78, 5) is 11.7. The van der Waals surface area contributed by atoms with Crippen LogP contribution < -0.4 is 10.5 Å². The average Bonchev–Trinajstić information content (AvgIpc) is 2.27. The molecule has 0 aliphatic carbocycles. The van der Waals surface area contributed by atoms with Crippen molar-refractivity contribution in [1.82, 2.24) is 5.32 Å². The van der Waals surface area contributed by atoms with E-state index < -0.39 is 10.0 Å². The molecule has 1 rings (SSSR count). The number of amides is 1. The van der Waals surface area contributed by atoms with E-state index in [0.717, 1.165) is 10.0 Å². The van der Waals surface area contributed by atoms with E-state index in [1.807, 2.05) is 31.2 Å². The van der Waals surface area contributed by atoms with Crippen molar-refractivity contribution < 1.29 is 13.2 Å². The molecule has 0 aliphatic heterocycles. The Kier molecular flexibility index (Phi) is 5.96. The van der Waals surface area contributed by atoms with Crippen molar-refractivity contribution in [2.24, 2.45) is 5.14 Å². The van der Waals surface area contributed by atoms with Crippen molar-refractivity contribution in [3.8, 4) is 0 Å². The summed E-state index contributed by atoms with van der Waals surface area (Å²) in [5.74, 6) is -0.390. The van der Waals surface area contributed by atoms with Crippen LogP contribution in [0.4, 0.5) is 0 Å². The Morgan fingerprint density at radius 3 is 2.63 bits per heavy atom. The van der Waals surface area contributed by atoms with E-state index in [-0.39, 0.29) is 24.1 Å². The molecule has 1 aromatic carbocycles. The van der Waals surface area contributed by atoms with Crippen molar-refractivity contribution in [2.75, 3.05) is 12.3 Å². The molecule has 1 atom stereocenters.